The van der Waals surface area contributed by atoms with Crippen LogP contribution in [-0.2, 0) is 7.05 Å². The lowest BCUT2D eigenvalue weighted by atomic mass is 10.2. The highest BCUT2D eigenvalue weighted by Gasteiger charge is 2.16. The van der Waals surface area contributed by atoms with Gasteiger partial charge >= 0.3 is 0 Å². The molecule has 2 heterocycles. The summed E-state index contributed by atoms with van der Waals surface area (Å²) in [5.41, 5.74) is 1.97. The molecular formula is C14H13ClN4. The molecule has 0 unspecified atom stereocenters. The largest absolute Gasteiger partial charge is 0.281 e. The molecule has 0 bridgehead atoms. The van der Waals surface area contributed by atoms with Gasteiger partial charge < -0.3 is 0 Å². The lowest BCUT2D eigenvalue weighted by Crippen LogP contribution is -1.99. The molecule has 4 nitrogen and oxygen atoms in total. The monoisotopic (exact) mass is 272 g/mol. The molecule has 0 saturated heterocycles. The van der Waals surface area contributed by atoms with E-state index in [1.54, 1.807) is 10.9 Å². The molecule has 1 aromatic carbocycles. The minimum absolute atomic E-state index is 0.651. The fourth-order valence-corrected chi connectivity index (χ4v) is 2.25. The van der Waals surface area contributed by atoms with Gasteiger partial charge in [0.25, 0.3) is 0 Å². The highest BCUT2D eigenvalue weighted by molar-refractivity contribution is 6.32. The van der Waals surface area contributed by atoms with Crippen molar-refractivity contribution in [2.75, 3.05) is 0 Å². The van der Waals surface area contributed by atoms with E-state index in [9.17, 15) is 0 Å². The fraction of sp³-hybridized carbons (Fsp3) is 0.143. The van der Waals surface area contributed by atoms with Gasteiger partial charge in [-0.15, -0.1) is 0 Å². The molecule has 0 spiro atoms. The van der Waals surface area contributed by atoms with Gasteiger partial charge in [-0.2, -0.15) is 5.10 Å². The van der Waals surface area contributed by atoms with Crippen molar-refractivity contribution >= 4 is 11.6 Å². The number of hydrogen-bond acceptors (Lipinski definition) is 2. The van der Waals surface area contributed by atoms with Crippen molar-refractivity contribution in [2.24, 2.45) is 7.05 Å². The third kappa shape index (κ3) is 1.94. The Morgan fingerprint density at radius 2 is 1.89 bits per heavy atom. The Balaban J connectivity index is 2.18. The van der Waals surface area contributed by atoms with Crippen LogP contribution in [0.1, 0.15) is 5.69 Å². The van der Waals surface area contributed by atoms with Crippen molar-refractivity contribution in [1.82, 2.24) is 19.3 Å². The second kappa shape index (κ2) is 4.55. The van der Waals surface area contributed by atoms with Crippen LogP contribution in [0.3, 0.4) is 0 Å². The average Bonchev–Trinajstić information content (AvgIpc) is 3.01. The summed E-state index contributed by atoms with van der Waals surface area (Å²) in [6, 6.07) is 9.99. The standard InChI is InChI=1S/C14H13ClN4/c1-10-12(15)14(17-18(10)2)19-9-8-16-13(19)11-6-4-3-5-7-11/h3-9H,1-2H3. The number of hydrogen-bond donors (Lipinski definition) is 0. The van der Waals surface area contributed by atoms with Crippen LogP contribution in [0.2, 0.25) is 5.02 Å². The molecule has 0 fully saturated rings. The number of imidazole rings is 1. The first-order valence-electron chi connectivity index (χ1n) is 5.96. The molecule has 3 aromatic rings. The summed E-state index contributed by atoms with van der Waals surface area (Å²) in [6.07, 6.45) is 3.62. The number of aryl methyl sites for hydroxylation is 1. The van der Waals surface area contributed by atoms with Gasteiger partial charge in [-0.3, -0.25) is 9.25 Å². The molecule has 0 aliphatic heterocycles. The summed E-state index contributed by atoms with van der Waals surface area (Å²) in [5.74, 6) is 1.54. The third-order valence-electron chi connectivity index (χ3n) is 3.15. The van der Waals surface area contributed by atoms with Crippen molar-refractivity contribution < 1.29 is 0 Å². The van der Waals surface area contributed by atoms with Crippen molar-refractivity contribution in [3.63, 3.8) is 0 Å². The number of benzene rings is 1. The molecule has 19 heavy (non-hydrogen) atoms. The molecule has 2 aromatic heterocycles. The lowest BCUT2D eigenvalue weighted by molar-refractivity contribution is 0.728. The van der Waals surface area contributed by atoms with E-state index < -0.39 is 0 Å². The Morgan fingerprint density at radius 3 is 2.53 bits per heavy atom. The quantitative estimate of drug-likeness (QED) is 0.718. The maximum Gasteiger partial charge on any atom is 0.179 e. The summed E-state index contributed by atoms with van der Waals surface area (Å²) in [5, 5.41) is 5.10. The summed E-state index contributed by atoms with van der Waals surface area (Å²) in [6.45, 7) is 1.94. The van der Waals surface area contributed by atoms with E-state index in [1.165, 1.54) is 0 Å². The number of aromatic nitrogens is 4. The van der Waals surface area contributed by atoms with Gasteiger partial charge in [0, 0.05) is 25.0 Å². The molecule has 0 aliphatic carbocycles. The van der Waals surface area contributed by atoms with Crippen molar-refractivity contribution in [1.29, 1.82) is 0 Å². The Hall–Kier alpha value is -2.07. The zero-order valence-corrected chi connectivity index (χ0v) is 11.5. The predicted octanol–water partition coefficient (Wildman–Crippen LogP) is 3.23. The molecule has 0 radical (unpaired) electrons. The molecule has 96 valence electrons. The van der Waals surface area contributed by atoms with E-state index in [4.69, 9.17) is 11.6 Å². The highest BCUT2D eigenvalue weighted by Crippen LogP contribution is 2.27. The van der Waals surface area contributed by atoms with Crippen LogP contribution in [-0.4, -0.2) is 19.3 Å². The van der Waals surface area contributed by atoms with Gasteiger partial charge in [-0.1, -0.05) is 41.9 Å². The van der Waals surface area contributed by atoms with E-state index in [-0.39, 0.29) is 0 Å². The van der Waals surface area contributed by atoms with E-state index in [1.807, 2.05) is 55.1 Å². The molecule has 0 amide bonds. The molecule has 0 N–H and O–H groups in total. The van der Waals surface area contributed by atoms with Crippen LogP contribution in [0.4, 0.5) is 0 Å². The smallest absolute Gasteiger partial charge is 0.179 e. The van der Waals surface area contributed by atoms with Crippen LogP contribution in [0.5, 0.6) is 0 Å². The molecule has 5 heteroatoms. The van der Waals surface area contributed by atoms with E-state index in [0.29, 0.717) is 10.8 Å². The minimum atomic E-state index is 0.651. The first-order valence-corrected chi connectivity index (χ1v) is 6.34. The van der Waals surface area contributed by atoms with Crippen molar-refractivity contribution in [3.8, 4) is 17.2 Å². The first kappa shape index (κ1) is 12.0. The summed E-state index contributed by atoms with van der Waals surface area (Å²) >= 11 is 6.33. The van der Waals surface area contributed by atoms with E-state index in [2.05, 4.69) is 10.1 Å². The Morgan fingerprint density at radius 1 is 1.16 bits per heavy atom. The van der Waals surface area contributed by atoms with Crippen LogP contribution >= 0.6 is 11.6 Å². The van der Waals surface area contributed by atoms with Crippen LogP contribution in [0.25, 0.3) is 17.2 Å². The fourth-order valence-electron chi connectivity index (χ4n) is 1.99. The Labute approximate surface area is 116 Å². The van der Waals surface area contributed by atoms with Gasteiger partial charge in [-0.05, 0) is 6.92 Å². The van der Waals surface area contributed by atoms with Crippen LogP contribution in [0, 0.1) is 6.92 Å². The maximum absolute atomic E-state index is 6.33. The lowest BCUT2D eigenvalue weighted by Gasteiger charge is -2.05. The van der Waals surface area contributed by atoms with Crippen LogP contribution in [0.15, 0.2) is 42.7 Å². The maximum atomic E-state index is 6.33. The number of halogens is 1. The topological polar surface area (TPSA) is 35.6 Å². The van der Waals surface area contributed by atoms with Gasteiger partial charge in [0.2, 0.25) is 0 Å². The Bertz CT molecular complexity index is 712. The SMILES string of the molecule is Cc1c(Cl)c(-n2ccnc2-c2ccccc2)nn1C. The van der Waals surface area contributed by atoms with Crippen LogP contribution < -0.4 is 0 Å². The number of nitrogens with zero attached hydrogens (tertiary/aromatic N) is 4. The highest BCUT2D eigenvalue weighted by atomic mass is 35.5. The molecule has 0 atom stereocenters. The Kier molecular flexibility index (Phi) is 2.87. The zero-order valence-electron chi connectivity index (χ0n) is 10.7. The summed E-state index contributed by atoms with van der Waals surface area (Å²) in [7, 11) is 1.88. The molecule has 0 aliphatic rings. The summed E-state index contributed by atoms with van der Waals surface area (Å²) < 4.78 is 3.68. The second-order valence-electron chi connectivity index (χ2n) is 4.33. The summed E-state index contributed by atoms with van der Waals surface area (Å²) in [4.78, 5) is 4.40. The third-order valence-corrected chi connectivity index (χ3v) is 3.59. The van der Waals surface area contributed by atoms with Gasteiger partial charge in [0.05, 0.1) is 5.69 Å². The van der Waals surface area contributed by atoms with Crippen molar-refractivity contribution in [2.45, 2.75) is 6.92 Å². The predicted molar refractivity (Wildman–Crippen MR) is 75.5 cm³/mol. The first-order chi connectivity index (χ1) is 9.18. The average molecular weight is 273 g/mol. The zero-order chi connectivity index (χ0) is 13.4. The van der Waals surface area contributed by atoms with E-state index >= 15 is 0 Å². The second-order valence-corrected chi connectivity index (χ2v) is 4.71. The molecule has 3 rings (SSSR count). The van der Waals surface area contributed by atoms with Gasteiger partial charge in [-0.25, -0.2) is 4.98 Å². The van der Waals surface area contributed by atoms with Crippen molar-refractivity contribution in [3.05, 3.63) is 53.4 Å². The molecular weight excluding hydrogens is 260 g/mol. The van der Waals surface area contributed by atoms with Gasteiger partial charge in [0.15, 0.2) is 5.82 Å². The van der Waals surface area contributed by atoms with Gasteiger partial charge in [0.1, 0.15) is 10.8 Å². The minimum Gasteiger partial charge on any atom is -0.281 e. The van der Waals surface area contributed by atoms with E-state index in [0.717, 1.165) is 17.1 Å². The normalized spacial score (nSPS) is 10.9. The number of rotatable bonds is 2. The molecule has 0 saturated carbocycles.